The molecule has 1 aromatic carbocycles. The summed E-state index contributed by atoms with van der Waals surface area (Å²) >= 11 is 5.80. The molecular formula is C17H19ClN2O4S. The average Bonchev–Trinajstić information content (AvgIpc) is 2.99. The second-order valence-electron chi connectivity index (χ2n) is 5.50. The zero-order valence-electron chi connectivity index (χ0n) is 13.9. The fourth-order valence-corrected chi connectivity index (χ4v) is 2.40. The van der Waals surface area contributed by atoms with Crippen LogP contribution in [-0.2, 0) is 27.9 Å². The number of nitrogens with zero attached hydrogens (tertiary/aromatic N) is 1. The smallest absolute Gasteiger partial charge is 0.244 e. The Labute approximate surface area is 152 Å². The number of benzene rings is 1. The van der Waals surface area contributed by atoms with E-state index in [1.54, 1.807) is 24.3 Å². The SMILES string of the molecule is CN(Cc1ccc(/C=C/C(=O)NCc2ccc(Cl)cc2)o1)S(C)(=O)=O. The van der Waals surface area contributed by atoms with Crippen LogP contribution in [-0.4, -0.2) is 31.9 Å². The van der Waals surface area contributed by atoms with Crippen LogP contribution < -0.4 is 5.32 Å². The number of nitrogens with one attached hydrogen (secondary N) is 1. The molecule has 25 heavy (non-hydrogen) atoms. The van der Waals surface area contributed by atoms with E-state index in [0.717, 1.165) is 11.8 Å². The quantitative estimate of drug-likeness (QED) is 0.746. The zero-order chi connectivity index (χ0) is 18.4. The summed E-state index contributed by atoms with van der Waals surface area (Å²) in [5.41, 5.74) is 0.940. The number of rotatable bonds is 7. The van der Waals surface area contributed by atoms with Crippen LogP contribution in [0.2, 0.25) is 5.02 Å². The van der Waals surface area contributed by atoms with Gasteiger partial charge in [-0.25, -0.2) is 8.42 Å². The van der Waals surface area contributed by atoms with Crippen LogP contribution in [0, 0.1) is 0 Å². The van der Waals surface area contributed by atoms with Gasteiger partial charge in [-0.3, -0.25) is 4.79 Å². The Hall–Kier alpha value is -2.09. The minimum absolute atomic E-state index is 0.134. The van der Waals surface area contributed by atoms with E-state index in [4.69, 9.17) is 16.0 Å². The molecule has 6 nitrogen and oxygen atoms in total. The van der Waals surface area contributed by atoms with Crippen molar-refractivity contribution in [2.75, 3.05) is 13.3 Å². The van der Waals surface area contributed by atoms with Crippen molar-refractivity contribution in [2.24, 2.45) is 0 Å². The number of hydrogen-bond acceptors (Lipinski definition) is 4. The van der Waals surface area contributed by atoms with Crippen LogP contribution in [0.25, 0.3) is 6.08 Å². The fourth-order valence-electron chi connectivity index (χ4n) is 1.91. The maximum absolute atomic E-state index is 11.8. The van der Waals surface area contributed by atoms with E-state index in [2.05, 4.69) is 5.32 Å². The summed E-state index contributed by atoms with van der Waals surface area (Å²) in [5, 5.41) is 3.39. The van der Waals surface area contributed by atoms with E-state index in [9.17, 15) is 13.2 Å². The van der Waals surface area contributed by atoms with Gasteiger partial charge < -0.3 is 9.73 Å². The number of furan rings is 1. The van der Waals surface area contributed by atoms with Gasteiger partial charge in [0.2, 0.25) is 15.9 Å². The normalized spacial score (nSPS) is 12.0. The largest absolute Gasteiger partial charge is 0.460 e. The molecule has 0 fully saturated rings. The van der Waals surface area contributed by atoms with Gasteiger partial charge in [0.25, 0.3) is 0 Å². The first-order chi connectivity index (χ1) is 11.7. The monoisotopic (exact) mass is 382 g/mol. The van der Waals surface area contributed by atoms with Crippen molar-refractivity contribution < 1.29 is 17.6 Å². The van der Waals surface area contributed by atoms with Crippen molar-refractivity contribution >= 4 is 33.6 Å². The second kappa shape index (κ2) is 8.33. The summed E-state index contributed by atoms with van der Waals surface area (Å²) in [6, 6.07) is 10.5. The molecule has 0 radical (unpaired) electrons. The standard InChI is InChI=1S/C17H19ClN2O4S/c1-20(25(2,22)23)12-16-8-7-15(24-16)9-10-17(21)19-11-13-3-5-14(18)6-4-13/h3-10H,11-12H2,1-2H3,(H,19,21)/b10-9+. The highest BCUT2D eigenvalue weighted by Crippen LogP contribution is 2.13. The molecule has 0 saturated heterocycles. The van der Waals surface area contributed by atoms with Crippen molar-refractivity contribution in [2.45, 2.75) is 13.1 Å². The summed E-state index contributed by atoms with van der Waals surface area (Å²) < 4.78 is 29.4. The first-order valence-electron chi connectivity index (χ1n) is 7.44. The number of halogens is 1. The van der Waals surface area contributed by atoms with Crippen molar-refractivity contribution in [3.8, 4) is 0 Å². The number of sulfonamides is 1. The molecule has 2 aromatic rings. The molecule has 1 aromatic heterocycles. The lowest BCUT2D eigenvalue weighted by atomic mass is 10.2. The first kappa shape index (κ1) is 19.2. The summed E-state index contributed by atoms with van der Waals surface area (Å²) in [6.07, 6.45) is 4.02. The van der Waals surface area contributed by atoms with Crippen LogP contribution >= 0.6 is 11.6 Å². The molecule has 0 saturated carbocycles. The highest BCUT2D eigenvalue weighted by molar-refractivity contribution is 7.88. The summed E-state index contributed by atoms with van der Waals surface area (Å²) in [7, 11) is -1.80. The molecule has 0 aliphatic carbocycles. The molecule has 0 aliphatic heterocycles. The molecule has 0 bridgehead atoms. The van der Waals surface area contributed by atoms with Gasteiger partial charge in [-0.05, 0) is 35.9 Å². The van der Waals surface area contributed by atoms with Gasteiger partial charge >= 0.3 is 0 Å². The Morgan fingerprint density at radius 1 is 1.24 bits per heavy atom. The molecule has 0 unspecified atom stereocenters. The Balaban J connectivity index is 1.86. The maximum atomic E-state index is 11.8. The average molecular weight is 383 g/mol. The van der Waals surface area contributed by atoms with E-state index in [-0.39, 0.29) is 12.5 Å². The third kappa shape index (κ3) is 6.38. The van der Waals surface area contributed by atoms with E-state index in [0.29, 0.717) is 23.1 Å². The second-order valence-corrected chi connectivity index (χ2v) is 8.03. The van der Waals surface area contributed by atoms with Crippen molar-refractivity contribution in [1.29, 1.82) is 0 Å². The highest BCUT2D eigenvalue weighted by Gasteiger charge is 2.13. The predicted octanol–water partition coefficient (Wildman–Crippen LogP) is 2.65. The molecule has 134 valence electrons. The molecule has 0 atom stereocenters. The number of amides is 1. The molecular weight excluding hydrogens is 364 g/mol. The van der Waals surface area contributed by atoms with Gasteiger partial charge in [-0.1, -0.05) is 23.7 Å². The Morgan fingerprint density at radius 3 is 2.56 bits per heavy atom. The lowest BCUT2D eigenvalue weighted by molar-refractivity contribution is -0.116. The molecule has 1 N–H and O–H groups in total. The van der Waals surface area contributed by atoms with Crippen molar-refractivity contribution in [1.82, 2.24) is 9.62 Å². The van der Waals surface area contributed by atoms with Gasteiger partial charge in [-0.2, -0.15) is 4.31 Å². The summed E-state index contributed by atoms with van der Waals surface area (Å²) in [6.45, 7) is 0.526. The highest BCUT2D eigenvalue weighted by atomic mass is 35.5. The molecule has 2 rings (SSSR count). The van der Waals surface area contributed by atoms with Crippen LogP contribution in [0.5, 0.6) is 0 Å². The van der Waals surface area contributed by atoms with Gasteiger partial charge in [0.1, 0.15) is 11.5 Å². The number of hydrogen-bond donors (Lipinski definition) is 1. The summed E-state index contributed by atoms with van der Waals surface area (Å²) in [4.78, 5) is 11.8. The molecule has 1 amide bonds. The third-order valence-electron chi connectivity index (χ3n) is 3.41. The van der Waals surface area contributed by atoms with Crippen LogP contribution in [0.3, 0.4) is 0 Å². The zero-order valence-corrected chi connectivity index (χ0v) is 15.5. The minimum Gasteiger partial charge on any atom is -0.460 e. The van der Waals surface area contributed by atoms with E-state index in [1.807, 2.05) is 12.1 Å². The van der Waals surface area contributed by atoms with Crippen LogP contribution in [0.15, 0.2) is 46.9 Å². The Bertz CT molecular complexity index is 857. The topological polar surface area (TPSA) is 79.6 Å². The van der Waals surface area contributed by atoms with E-state index < -0.39 is 10.0 Å². The van der Waals surface area contributed by atoms with Gasteiger partial charge in [0.15, 0.2) is 0 Å². The molecule has 1 heterocycles. The number of carbonyl (C=O) groups is 1. The molecule has 8 heteroatoms. The molecule has 0 spiro atoms. The Morgan fingerprint density at radius 2 is 1.92 bits per heavy atom. The fraction of sp³-hybridized carbons (Fsp3) is 0.235. The summed E-state index contributed by atoms with van der Waals surface area (Å²) in [5.74, 6) is 0.703. The lowest BCUT2D eigenvalue weighted by Crippen LogP contribution is -2.24. The first-order valence-corrected chi connectivity index (χ1v) is 9.67. The van der Waals surface area contributed by atoms with Crippen LogP contribution in [0.1, 0.15) is 17.1 Å². The Kier molecular flexibility index (Phi) is 6.41. The predicted molar refractivity (Wildman–Crippen MR) is 97.4 cm³/mol. The van der Waals surface area contributed by atoms with Gasteiger partial charge in [0.05, 0.1) is 12.8 Å². The van der Waals surface area contributed by atoms with Gasteiger partial charge in [0, 0.05) is 24.7 Å². The maximum Gasteiger partial charge on any atom is 0.244 e. The number of carbonyl (C=O) groups excluding carboxylic acids is 1. The third-order valence-corrected chi connectivity index (χ3v) is 4.92. The lowest BCUT2D eigenvalue weighted by Gasteiger charge is -2.11. The molecule has 0 aliphatic rings. The van der Waals surface area contributed by atoms with Crippen LogP contribution in [0.4, 0.5) is 0 Å². The van der Waals surface area contributed by atoms with Crippen molar-refractivity contribution in [3.63, 3.8) is 0 Å². The minimum atomic E-state index is -3.27. The van der Waals surface area contributed by atoms with Gasteiger partial charge in [-0.15, -0.1) is 0 Å². The van der Waals surface area contributed by atoms with Crippen molar-refractivity contribution in [3.05, 3.63) is 64.6 Å². The van der Waals surface area contributed by atoms with E-state index in [1.165, 1.54) is 23.5 Å². The van der Waals surface area contributed by atoms with E-state index >= 15 is 0 Å².